The maximum absolute atomic E-state index is 5.41. The summed E-state index contributed by atoms with van der Waals surface area (Å²) >= 11 is 6.85. The average Bonchev–Trinajstić information content (AvgIpc) is 2.20. The first-order valence-corrected chi connectivity index (χ1v) is 6.53. The predicted molar refractivity (Wildman–Crippen MR) is 69.6 cm³/mol. The molecule has 3 nitrogen and oxygen atoms in total. The molecule has 1 heterocycles. The van der Waals surface area contributed by atoms with Crippen LogP contribution < -0.4 is 11.1 Å². The maximum atomic E-state index is 5.41. The Morgan fingerprint density at radius 2 is 2.13 bits per heavy atom. The Balaban J connectivity index is 2.31. The van der Waals surface area contributed by atoms with Gasteiger partial charge >= 0.3 is 0 Å². The predicted octanol–water partition coefficient (Wildman–Crippen LogP) is 2.44. The van der Waals surface area contributed by atoms with E-state index in [-0.39, 0.29) is 0 Å². The molecule has 0 fully saturated rings. The van der Waals surface area contributed by atoms with Crippen LogP contribution in [0.2, 0.25) is 0 Å². The van der Waals surface area contributed by atoms with Crippen LogP contribution in [0.3, 0.4) is 0 Å². The second-order valence-corrected chi connectivity index (χ2v) is 5.02. The van der Waals surface area contributed by atoms with Crippen molar-refractivity contribution in [1.29, 1.82) is 0 Å². The Labute approximate surface area is 107 Å². The summed E-state index contributed by atoms with van der Waals surface area (Å²) in [4.78, 5) is 4.31. The lowest BCUT2D eigenvalue weighted by Gasteiger charge is -2.05. The molecular weight excluding hydrogens is 322 g/mol. The van der Waals surface area contributed by atoms with Crippen LogP contribution in [-0.2, 0) is 6.54 Å². The number of pyridine rings is 1. The van der Waals surface area contributed by atoms with Crippen molar-refractivity contribution in [2.75, 3.05) is 13.1 Å². The molecule has 1 rings (SSSR count). The first kappa shape index (κ1) is 13.1. The van der Waals surface area contributed by atoms with Crippen LogP contribution in [0.4, 0.5) is 0 Å². The third-order valence-electron chi connectivity index (χ3n) is 1.98. The van der Waals surface area contributed by atoms with Crippen LogP contribution in [0.5, 0.6) is 0 Å². The number of rotatable bonds is 6. The Morgan fingerprint density at radius 1 is 1.33 bits per heavy atom. The van der Waals surface area contributed by atoms with Gasteiger partial charge in [0.05, 0.1) is 5.69 Å². The van der Waals surface area contributed by atoms with Gasteiger partial charge in [-0.3, -0.25) is 4.98 Å². The highest BCUT2D eigenvalue weighted by atomic mass is 79.9. The molecule has 1 aromatic heterocycles. The third-order valence-corrected chi connectivity index (χ3v) is 3.10. The molecule has 0 aromatic carbocycles. The van der Waals surface area contributed by atoms with Gasteiger partial charge in [-0.25, -0.2) is 0 Å². The number of nitrogens with two attached hydrogens (primary N) is 1. The summed E-state index contributed by atoms with van der Waals surface area (Å²) in [5, 5.41) is 3.33. The first-order valence-electron chi connectivity index (χ1n) is 4.94. The highest BCUT2D eigenvalue weighted by Crippen LogP contribution is 2.19. The fourth-order valence-corrected chi connectivity index (χ4v) is 2.30. The SMILES string of the molecule is NCCCCNCc1ncc(Br)cc1Br. The number of nitrogens with one attached hydrogen (secondary N) is 1. The van der Waals surface area contributed by atoms with E-state index < -0.39 is 0 Å². The van der Waals surface area contributed by atoms with E-state index in [0.717, 1.165) is 47.1 Å². The van der Waals surface area contributed by atoms with Crippen molar-refractivity contribution in [3.8, 4) is 0 Å². The van der Waals surface area contributed by atoms with E-state index in [2.05, 4.69) is 42.2 Å². The Hall–Kier alpha value is 0.0300. The summed E-state index contributed by atoms with van der Waals surface area (Å²) in [6.45, 7) is 2.54. The highest BCUT2D eigenvalue weighted by molar-refractivity contribution is 9.11. The molecule has 0 aliphatic carbocycles. The molecule has 0 saturated carbocycles. The average molecular weight is 337 g/mol. The fraction of sp³-hybridized carbons (Fsp3) is 0.500. The molecule has 0 amide bonds. The van der Waals surface area contributed by atoms with E-state index in [9.17, 15) is 0 Å². The molecule has 84 valence electrons. The van der Waals surface area contributed by atoms with Gasteiger partial charge in [0.15, 0.2) is 0 Å². The zero-order valence-electron chi connectivity index (χ0n) is 8.47. The number of nitrogens with zero attached hydrogens (tertiary/aromatic N) is 1. The minimum atomic E-state index is 0.766. The molecular formula is C10H15Br2N3. The van der Waals surface area contributed by atoms with Crippen LogP contribution in [0.15, 0.2) is 21.2 Å². The Bertz CT molecular complexity index is 305. The number of unbranched alkanes of at least 4 members (excludes halogenated alkanes) is 1. The van der Waals surface area contributed by atoms with Crippen molar-refractivity contribution in [2.24, 2.45) is 5.73 Å². The van der Waals surface area contributed by atoms with Crippen molar-refractivity contribution >= 4 is 31.9 Å². The minimum absolute atomic E-state index is 0.766. The molecule has 0 radical (unpaired) electrons. The first-order chi connectivity index (χ1) is 7.24. The smallest absolute Gasteiger partial charge is 0.0684 e. The van der Waals surface area contributed by atoms with Gasteiger partial charge in [-0.1, -0.05) is 0 Å². The van der Waals surface area contributed by atoms with Crippen molar-refractivity contribution < 1.29 is 0 Å². The van der Waals surface area contributed by atoms with E-state index in [0.29, 0.717) is 0 Å². The molecule has 0 aliphatic heterocycles. The molecule has 3 N–H and O–H groups in total. The van der Waals surface area contributed by atoms with Crippen molar-refractivity contribution in [3.05, 3.63) is 26.9 Å². The van der Waals surface area contributed by atoms with Gasteiger partial charge in [-0.15, -0.1) is 0 Å². The Morgan fingerprint density at radius 3 is 2.80 bits per heavy atom. The van der Waals surface area contributed by atoms with Crippen LogP contribution in [-0.4, -0.2) is 18.1 Å². The zero-order valence-corrected chi connectivity index (χ0v) is 11.6. The summed E-state index contributed by atoms with van der Waals surface area (Å²) in [5.74, 6) is 0. The highest BCUT2D eigenvalue weighted by Gasteiger charge is 2.01. The van der Waals surface area contributed by atoms with Crippen molar-refractivity contribution in [2.45, 2.75) is 19.4 Å². The topological polar surface area (TPSA) is 50.9 Å². The van der Waals surface area contributed by atoms with Gasteiger partial charge in [-0.2, -0.15) is 0 Å². The summed E-state index contributed by atoms with van der Waals surface area (Å²) in [5.41, 5.74) is 6.44. The van der Waals surface area contributed by atoms with Crippen LogP contribution in [0.1, 0.15) is 18.5 Å². The van der Waals surface area contributed by atoms with Gasteiger partial charge in [0, 0.05) is 21.7 Å². The summed E-state index contributed by atoms with van der Waals surface area (Å²) < 4.78 is 2.02. The number of hydrogen-bond donors (Lipinski definition) is 2. The number of aromatic nitrogens is 1. The minimum Gasteiger partial charge on any atom is -0.330 e. The monoisotopic (exact) mass is 335 g/mol. The molecule has 0 spiro atoms. The molecule has 0 bridgehead atoms. The third kappa shape index (κ3) is 5.06. The van der Waals surface area contributed by atoms with E-state index >= 15 is 0 Å². The van der Waals surface area contributed by atoms with E-state index in [1.807, 2.05) is 12.3 Å². The lowest BCUT2D eigenvalue weighted by Crippen LogP contribution is -2.16. The largest absolute Gasteiger partial charge is 0.330 e. The van der Waals surface area contributed by atoms with Crippen molar-refractivity contribution in [1.82, 2.24) is 10.3 Å². The zero-order chi connectivity index (χ0) is 11.1. The number of halogens is 2. The van der Waals surface area contributed by atoms with E-state index in [4.69, 9.17) is 5.73 Å². The van der Waals surface area contributed by atoms with Crippen LogP contribution in [0, 0.1) is 0 Å². The number of hydrogen-bond acceptors (Lipinski definition) is 3. The Kier molecular flexibility index (Phi) is 6.40. The molecule has 0 aliphatic rings. The second-order valence-electron chi connectivity index (χ2n) is 3.25. The normalized spacial score (nSPS) is 10.6. The lowest BCUT2D eigenvalue weighted by atomic mass is 10.3. The molecule has 0 atom stereocenters. The molecule has 0 saturated heterocycles. The summed E-state index contributed by atoms with van der Waals surface area (Å²) in [7, 11) is 0. The van der Waals surface area contributed by atoms with Crippen LogP contribution in [0.25, 0.3) is 0 Å². The van der Waals surface area contributed by atoms with Crippen LogP contribution >= 0.6 is 31.9 Å². The quantitative estimate of drug-likeness (QED) is 0.784. The van der Waals surface area contributed by atoms with Gasteiger partial charge in [0.1, 0.15) is 0 Å². The standard InChI is InChI=1S/C10H15Br2N3/c11-8-5-9(12)10(15-6-8)7-14-4-2-1-3-13/h5-6,14H,1-4,7,13H2. The van der Waals surface area contributed by atoms with E-state index in [1.165, 1.54) is 0 Å². The summed E-state index contributed by atoms with van der Waals surface area (Å²) in [6, 6.07) is 2.00. The van der Waals surface area contributed by atoms with Gasteiger partial charge in [0.25, 0.3) is 0 Å². The van der Waals surface area contributed by atoms with Gasteiger partial charge in [0.2, 0.25) is 0 Å². The van der Waals surface area contributed by atoms with Gasteiger partial charge in [-0.05, 0) is 63.9 Å². The molecule has 5 heteroatoms. The van der Waals surface area contributed by atoms with E-state index in [1.54, 1.807) is 0 Å². The molecule has 1 aromatic rings. The maximum Gasteiger partial charge on any atom is 0.0684 e. The second kappa shape index (κ2) is 7.33. The lowest BCUT2D eigenvalue weighted by molar-refractivity contribution is 0.619. The van der Waals surface area contributed by atoms with Crippen molar-refractivity contribution in [3.63, 3.8) is 0 Å². The fourth-order valence-electron chi connectivity index (χ4n) is 1.17. The molecule has 15 heavy (non-hydrogen) atoms. The van der Waals surface area contributed by atoms with Gasteiger partial charge < -0.3 is 11.1 Å². The molecule has 0 unspecified atom stereocenters. The summed E-state index contributed by atoms with van der Waals surface area (Å²) in [6.07, 6.45) is 3.99.